The van der Waals surface area contributed by atoms with Crippen LogP contribution in [0.5, 0.6) is 0 Å². The van der Waals surface area contributed by atoms with Gasteiger partial charge in [-0.2, -0.15) is 0 Å². The van der Waals surface area contributed by atoms with Gasteiger partial charge in [-0.15, -0.1) is 0 Å². The molecule has 11 heteroatoms. The lowest BCUT2D eigenvalue weighted by molar-refractivity contribution is -0.137. The molecule has 2 saturated heterocycles. The Balaban J connectivity index is 1.90. The van der Waals surface area contributed by atoms with Crippen LogP contribution in [0.4, 0.5) is 4.39 Å². The van der Waals surface area contributed by atoms with E-state index in [1.807, 2.05) is 4.90 Å². The fourth-order valence-corrected chi connectivity index (χ4v) is 6.03. The number of amides is 2. The van der Waals surface area contributed by atoms with E-state index in [4.69, 9.17) is 14.2 Å². The molecule has 0 aliphatic carbocycles. The Bertz CT molecular complexity index is 1010. The van der Waals surface area contributed by atoms with Crippen molar-refractivity contribution >= 4 is 11.8 Å². The van der Waals surface area contributed by atoms with Crippen LogP contribution in [0, 0.1) is 11.7 Å². The maximum Gasteiger partial charge on any atom is 0.256 e. The normalized spacial score (nSPS) is 25.6. The number of hydrogen-bond acceptors (Lipinski definition) is 8. The van der Waals surface area contributed by atoms with Crippen molar-refractivity contribution in [3.63, 3.8) is 0 Å². The molecule has 4 atom stereocenters. The second kappa shape index (κ2) is 18.7. The zero-order valence-electron chi connectivity index (χ0n) is 27.0. The van der Waals surface area contributed by atoms with E-state index in [1.165, 1.54) is 30.2 Å². The summed E-state index contributed by atoms with van der Waals surface area (Å²) in [7, 11) is 1.40. The smallest absolute Gasteiger partial charge is 0.256 e. The highest BCUT2D eigenvalue weighted by Gasteiger charge is 2.35. The molecule has 250 valence electrons. The molecule has 44 heavy (non-hydrogen) atoms. The Morgan fingerprint density at radius 3 is 2.48 bits per heavy atom. The van der Waals surface area contributed by atoms with Gasteiger partial charge in [0.1, 0.15) is 24.1 Å². The number of carbonyl (C=O) groups is 2. The summed E-state index contributed by atoms with van der Waals surface area (Å²) in [5.41, 5.74) is -0.101. The average Bonchev–Trinajstić information content (AvgIpc) is 3.00. The minimum Gasteiger partial charge on any atom is -0.388 e. The molecule has 0 spiro atoms. The fraction of sp³-hybridized carbons (Fsp3) is 0.758. The topological polar surface area (TPSA) is 112 Å². The number of benzene rings is 1. The van der Waals surface area contributed by atoms with Crippen LogP contribution in [0.15, 0.2) is 24.3 Å². The Labute approximate surface area is 262 Å². The van der Waals surface area contributed by atoms with Crippen LogP contribution in [0.3, 0.4) is 0 Å². The van der Waals surface area contributed by atoms with Gasteiger partial charge in [0.05, 0.1) is 24.8 Å². The highest BCUT2D eigenvalue weighted by atomic mass is 19.1. The average molecular weight is 624 g/mol. The lowest BCUT2D eigenvalue weighted by atomic mass is 9.99. The van der Waals surface area contributed by atoms with Gasteiger partial charge in [-0.3, -0.25) is 14.5 Å². The molecule has 2 fully saturated rings. The summed E-state index contributed by atoms with van der Waals surface area (Å²) in [5, 5.41) is 21.5. The highest BCUT2D eigenvalue weighted by molar-refractivity contribution is 5.94. The van der Waals surface area contributed by atoms with Crippen molar-refractivity contribution in [3.05, 3.63) is 35.6 Å². The zero-order valence-corrected chi connectivity index (χ0v) is 27.0. The molecule has 0 saturated carbocycles. The first-order valence-corrected chi connectivity index (χ1v) is 16.3. The van der Waals surface area contributed by atoms with Crippen LogP contribution in [-0.2, 0) is 19.0 Å². The van der Waals surface area contributed by atoms with E-state index in [0.29, 0.717) is 32.4 Å². The number of nitrogens with zero attached hydrogens (tertiary/aromatic N) is 3. The number of aliphatic hydroxyl groups excluding tert-OH is 2. The van der Waals surface area contributed by atoms with Crippen LogP contribution in [0.2, 0.25) is 0 Å². The van der Waals surface area contributed by atoms with Gasteiger partial charge in [0, 0.05) is 59.1 Å². The molecule has 1 aromatic rings. The Morgan fingerprint density at radius 1 is 1.09 bits per heavy atom. The van der Waals surface area contributed by atoms with Gasteiger partial charge in [0.2, 0.25) is 5.91 Å². The number of ether oxygens (including phenoxy) is 3. The third-order valence-corrected chi connectivity index (χ3v) is 8.48. The molecule has 0 aromatic heterocycles. The van der Waals surface area contributed by atoms with Crippen LogP contribution in [0.1, 0.15) is 69.7 Å². The van der Waals surface area contributed by atoms with E-state index in [2.05, 4.69) is 25.7 Å². The van der Waals surface area contributed by atoms with Crippen molar-refractivity contribution in [3.8, 4) is 0 Å². The second-order valence-electron chi connectivity index (χ2n) is 12.5. The van der Waals surface area contributed by atoms with Gasteiger partial charge in [-0.25, -0.2) is 4.39 Å². The van der Waals surface area contributed by atoms with Crippen LogP contribution >= 0.6 is 0 Å². The summed E-state index contributed by atoms with van der Waals surface area (Å²) >= 11 is 0. The van der Waals surface area contributed by atoms with Crippen molar-refractivity contribution < 1.29 is 38.4 Å². The monoisotopic (exact) mass is 623 g/mol. The molecular weight excluding hydrogens is 569 g/mol. The third kappa shape index (κ3) is 11.0. The van der Waals surface area contributed by atoms with Gasteiger partial charge < -0.3 is 34.2 Å². The van der Waals surface area contributed by atoms with Gasteiger partial charge in [-0.05, 0) is 56.6 Å². The summed E-state index contributed by atoms with van der Waals surface area (Å²) in [6.45, 7) is 9.62. The molecule has 2 heterocycles. The van der Waals surface area contributed by atoms with Crippen LogP contribution < -0.4 is 0 Å². The highest BCUT2D eigenvalue weighted by Crippen LogP contribution is 2.21. The maximum absolute atomic E-state index is 14.9. The molecule has 2 amide bonds. The number of methoxy groups -OCH3 is 1. The standard InChI is InChI=1S/C33H54FN3O7/c1-5-17-44-26-12-15-35(16-13-26)22-31(39)37-14-8-9-18-43-23-29(38)32(40)30(42-4)21-36(20-25(37)19-24(2)3)33(41)27-10-6-7-11-28(27)34/h6-7,10-11,24-26,29-30,32,38,40H,5,8-9,12-23H2,1-4H3/t25-,29-,30-,32-/m1/s1. The lowest BCUT2D eigenvalue weighted by Crippen LogP contribution is -2.55. The predicted molar refractivity (Wildman–Crippen MR) is 166 cm³/mol. The summed E-state index contributed by atoms with van der Waals surface area (Å²) in [6, 6.07) is 5.43. The van der Waals surface area contributed by atoms with Gasteiger partial charge >= 0.3 is 0 Å². The van der Waals surface area contributed by atoms with Crippen molar-refractivity contribution in [2.45, 2.75) is 89.8 Å². The van der Waals surface area contributed by atoms with Crippen molar-refractivity contribution in [2.75, 3.05) is 66.2 Å². The molecule has 3 rings (SSSR count). The molecule has 1 aromatic carbocycles. The van der Waals surface area contributed by atoms with E-state index in [9.17, 15) is 24.2 Å². The lowest BCUT2D eigenvalue weighted by Gasteiger charge is -2.40. The van der Waals surface area contributed by atoms with Crippen molar-refractivity contribution in [2.24, 2.45) is 5.92 Å². The summed E-state index contributed by atoms with van der Waals surface area (Å²) in [5.74, 6) is -1.02. The summed E-state index contributed by atoms with van der Waals surface area (Å²) < 4.78 is 32.0. The molecular formula is C33H54FN3O7. The Morgan fingerprint density at radius 2 is 1.82 bits per heavy atom. The zero-order chi connectivity index (χ0) is 32.1. The Kier molecular flexibility index (Phi) is 15.5. The van der Waals surface area contributed by atoms with Gasteiger partial charge in [-0.1, -0.05) is 32.9 Å². The van der Waals surface area contributed by atoms with E-state index < -0.39 is 30.0 Å². The SMILES string of the molecule is CCCOC1CCN(CC(=O)N2CCCCOC[C@@H](O)[C@@H](O)[C@H](OC)CN(C(=O)c3ccccc3F)C[C@H]2CC(C)C)CC1. The fourth-order valence-electron chi connectivity index (χ4n) is 6.03. The third-order valence-electron chi connectivity index (χ3n) is 8.48. The van der Waals surface area contributed by atoms with Crippen LogP contribution in [-0.4, -0.2) is 133 Å². The number of carbonyl (C=O) groups excluding carboxylic acids is 2. The first kappa shape index (κ1) is 36.3. The molecule has 10 nitrogen and oxygen atoms in total. The first-order valence-electron chi connectivity index (χ1n) is 16.3. The number of rotatable bonds is 9. The van der Waals surface area contributed by atoms with Gasteiger partial charge in [0.25, 0.3) is 5.91 Å². The molecule has 0 radical (unpaired) electrons. The van der Waals surface area contributed by atoms with E-state index >= 15 is 0 Å². The summed E-state index contributed by atoms with van der Waals surface area (Å²) in [4.78, 5) is 33.4. The first-order chi connectivity index (χ1) is 21.1. The second-order valence-corrected chi connectivity index (χ2v) is 12.5. The number of halogens is 1. The molecule has 2 N–H and O–H groups in total. The van der Waals surface area contributed by atoms with Crippen LogP contribution in [0.25, 0.3) is 0 Å². The Hall–Kier alpha value is -2.15. The quantitative estimate of drug-likeness (QED) is 0.432. The number of likely N-dealkylation sites (tertiary alicyclic amines) is 1. The molecule has 0 unspecified atom stereocenters. The number of hydrogen-bond donors (Lipinski definition) is 2. The maximum atomic E-state index is 14.9. The minimum absolute atomic E-state index is 0.00590. The molecule has 2 aliphatic rings. The van der Waals surface area contributed by atoms with E-state index in [-0.39, 0.29) is 55.8 Å². The minimum atomic E-state index is -1.34. The van der Waals surface area contributed by atoms with Crippen molar-refractivity contribution in [1.82, 2.24) is 14.7 Å². The predicted octanol–water partition coefficient (Wildman–Crippen LogP) is 2.95. The number of piperidine rings is 1. The largest absolute Gasteiger partial charge is 0.388 e. The molecule has 2 aliphatic heterocycles. The number of aliphatic hydroxyl groups is 2. The van der Waals surface area contributed by atoms with Crippen molar-refractivity contribution in [1.29, 1.82) is 0 Å². The summed E-state index contributed by atoms with van der Waals surface area (Å²) in [6.07, 6.45) is 1.41. The van der Waals surface area contributed by atoms with E-state index in [1.54, 1.807) is 6.07 Å². The molecule has 0 bridgehead atoms. The van der Waals surface area contributed by atoms with Gasteiger partial charge in [0.15, 0.2) is 0 Å². The van der Waals surface area contributed by atoms with E-state index in [0.717, 1.165) is 39.0 Å².